The first-order valence-corrected chi connectivity index (χ1v) is 2.70. The minimum absolute atomic E-state index is 0.541. The Labute approximate surface area is 58.7 Å². The van der Waals surface area contributed by atoms with Gasteiger partial charge in [0.2, 0.25) is 0 Å². The lowest BCUT2D eigenvalue weighted by Gasteiger charge is -1.84. The van der Waals surface area contributed by atoms with Crippen molar-refractivity contribution < 1.29 is 14.7 Å². The third kappa shape index (κ3) is 4.77. The Morgan fingerprint density at radius 1 is 1.50 bits per heavy atom. The molecule has 0 unspecified atom stereocenters. The summed E-state index contributed by atoms with van der Waals surface area (Å²) in [6, 6.07) is 0. The van der Waals surface area contributed by atoms with Crippen molar-refractivity contribution in [3.63, 3.8) is 0 Å². The predicted octanol–water partition coefficient (Wildman–Crippen LogP) is 0.772. The van der Waals surface area contributed by atoms with Gasteiger partial charge in [0.25, 0.3) is 0 Å². The van der Waals surface area contributed by atoms with Crippen molar-refractivity contribution in [1.82, 2.24) is 0 Å². The third-order valence-electron chi connectivity index (χ3n) is 0.789. The maximum absolute atomic E-state index is 9.97. The van der Waals surface area contributed by atoms with Crippen molar-refractivity contribution in [1.29, 1.82) is 0 Å². The van der Waals surface area contributed by atoms with E-state index in [-0.39, 0.29) is 0 Å². The molecule has 0 fully saturated rings. The van der Waals surface area contributed by atoms with Gasteiger partial charge in [-0.2, -0.15) is 0 Å². The highest BCUT2D eigenvalue weighted by Gasteiger charge is 1.87. The Kier molecular flexibility index (Phi) is 3.87. The summed E-state index contributed by atoms with van der Waals surface area (Å²) in [7, 11) is 0. The standard InChI is InChI=1S/C7H8O3/c1-6(3-2-4-8)5-7(9)10/h2-5H,1H3,(H,9,10). The lowest BCUT2D eigenvalue weighted by atomic mass is 10.2. The number of carboxylic acids is 1. The molecule has 0 rings (SSSR count). The lowest BCUT2D eigenvalue weighted by molar-refractivity contribution is -0.131. The highest BCUT2D eigenvalue weighted by atomic mass is 16.4. The van der Waals surface area contributed by atoms with Crippen molar-refractivity contribution >= 4 is 12.3 Å². The monoisotopic (exact) mass is 140 g/mol. The number of carbonyl (C=O) groups excluding carboxylic acids is 1. The Morgan fingerprint density at radius 3 is 2.50 bits per heavy atom. The summed E-state index contributed by atoms with van der Waals surface area (Å²) in [6.07, 6.45) is 4.30. The Morgan fingerprint density at radius 2 is 2.10 bits per heavy atom. The highest BCUT2D eigenvalue weighted by molar-refractivity contribution is 5.81. The SMILES string of the molecule is CC(C=CC=O)=CC(=O)O. The fourth-order valence-electron chi connectivity index (χ4n) is 0.434. The van der Waals surface area contributed by atoms with Crippen LogP contribution in [0.4, 0.5) is 0 Å². The maximum atomic E-state index is 9.97. The number of aldehydes is 1. The molecule has 0 aliphatic heterocycles. The fourth-order valence-corrected chi connectivity index (χ4v) is 0.434. The molecule has 3 nitrogen and oxygen atoms in total. The largest absolute Gasteiger partial charge is 0.478 e. The van der Waals surface area contributed by atoms with E-state index in [2.05, 4.69) is 0 Å². The van der Waals surface area contributed by atoms with E-state index < -0.39 is 5.97 Å². The summed E-state index contributed by atoms with van der Waals surface area (Å²) in [4.78, 5) is 19.7. The van der Waals surface area contributed by atoms with Crippen LogP contribution in [-0.2, 0) is 9.59 Å². The molecule has 0 saturated heterocycles. The summed E-state index contributed by atoms with van der Waals surface area (Å²) in [5.41, 5.74) is 0.541. The second-order valence-electron chi connectivity index (χ2n) is 1.72. The molecule has 0 atom stereocenters. The molecule has 10 heavy (non-hydrogen) atoms. The Balaban J connectivity index is 4.06. The number of carbonyl (C=O) groups is 2. The van der Waals surface area contributed by atoms with Crippen LogP contribution in [0.25, 0.3) is 0 Å². The van der Waals surface area contributed by atoms with Gasteiger partial charge >= 0.3 is 5.97 Å². The molecule has 0 heterocycles. The van der Waals surface area contributed by atoms with Crippen LogP contribution < -0.4 is 0 Å². The van der Waals surface area contributed by atoms with E-state index in [1.807, 2.05) is 0 Å². The number of hydrogen-bond donors (Lipinski definition) is 1. The minimum atomic E-state index is -1.01. The fraction of sp³-hybridized carbons (Fsp3) is 0.143. The summed E-state index contributed by atoms with van der Waals surface area (Å²) in [5.74, 6) is -1.01. The Bertz CT molecular complexity index is 189. The van der Waals surface area contributed by atoms with Crippen LogP contribution in [0, 0.1) is 0 Å². The van der Waals surface area contributed by atoms with Gasteiger partial charge in [-0.25, -0.2) is 4.79 Å². The predicted molar refractivity (Wildman–Crippen MR) is 36.6 cm³/mol. The molecule has 0 saturated carbocycles. The second-order valence-corrected chi connectivity index (χ2v) is 1.72. The molecule has 0 aromatic carbocycles. The Hall–Kier alpha value is -1.38. The van der Waals surface area contributed by atoms with Gasteiger partial charge in [-0.15, -0.1) is 0 Å². The number of allylic oxidation sites excluding steroid dienone is 3. The molecule has 0 bridgehead atoms. The van der Waals surface area contributed by atoms with Crippen LogP contribution in [-0.4, -0.2) is 17.4 Å². The molecule has 0 aliphatic rings. The second kappa shape index (κ2) is 4.49. The topological polar surface area (TPSA) is 54.4 Å². The number of rotatable bonds is 3. The van der Waals surface area contributed by atoms with Crippen molar-refractivity contribution in [2.45, 2.75) is 6.92 Å². The molecule has 1 N–H and O–H groups in total. The minimum Gasteiger partial charge on any atom is -0.478 e. The van der Waals surface area contributed by atoms with Crippen LogP contribution in [0.2, 0.25) is 0 Å². The van der Waals surface area contributed by atoms with Crippen molar-refractivity contribution in [2.24, 2.45) is 0 Å². The molecule has 0 spiro atoms. The molecule has 0 aromatic heterocycles. The molecule has 0 aromatic rings. The summed E-state index contributed by atoms with van der Waals surface area (Å²) < 4.78 is 0. The maximum Gasteiger partial charge on any atom is 0.328 e. The van der Waals surface area contributed by atoms with E-state index in [1.54, 1.807) is 6.92 Å². The summed E-state index contributed by atoms with van der Waals surface area (Å²) in [6.45, 7) is 1.61. The lowest BCUT2D eigenvalue weighted by Crippen LogP contribution is -1.87. The average Bonchev–Trinajstić information content (AvgIpc) is 1.82. The summed E-state index contributed by atoms with van der Waals surface area (Å²) in [5, 5.41) is 8.18. The number of hydrogen-bond acceptors (Lipinski definition) is 2. The molecule has 0 aliphatic carbocycles. The van der Waals surface area contributed by atoms with Gasteiger partial charge in [0.05, 0.1) is 0 Å². The first-order chi connectivity index (χ1) is 4.66. The van der Waals surface area contributed by atoms with E-state index in [9.17, 15) is 9.59 Å². The van der Waals surface area contributed by atoms with Crippen LogP contribution in [0.5, 0.6) is 0 Å². The van der Waals surface area contributed by atoms with Gasteiger partial charge in [-0.1, -0.05) is 6.08 Å². The van der Waals surface area contributed by atoms with E-state index in [4.69, 9.17) is 5.11 Å². The van der Waals surface area contributed by atoms with E-state index in [1.165, 1.54) is 12.2 Å². The average molecular weight is 140 g/mol. The number of carboxylic acid groups (broad SMARTS) is 1. The van der Waals surface area contributed by atoms with Crippen LogP contribution in [0.15, 0.2) is 23.8 Å². The zero-order chi connectivity index (χ0) is 7.98. The van der Waals surface area contributed by atoms with Gasteiger partial charge < -0.3 is 5.11 Å². The van der Waals surface area contributed by atoms with E-state index >= 15 is 0 Å². The smallest absolute Gasteiger partial charge is 0.328 e. The molecule has 0 amide bonds. The van der Waals surface area contributed by atoms with Gasteiger partial charge in [-0.05, 0) is 18.6 Å². The first-order valence-electron chi connectivity index (χ1n) is 2.70. The van der Waals surface area contributed by atoms with Crippen LogP contribution in [0.1, 0.15) is 6.92 Å². The summed E-state index contributed by atoms with van der Waals surface area (Å²) >= 11 is 0. The van der Waals surface area contributed by atoms with Crippen molar-refractivity contribution in [3.05, 3.63) is 23.8 Å². The highest BCUT2D eigenvalue weighted by Crippen LogP contribution is 1.92. The molecule has 0 radical (unpaired) electrons. The third-order valence-corrected chi connectivity index (χ3v) is 0.789. The zero-order valence-corrected chi connectivity index (χ0v) is 5.57. The number of aliphatic carboxylic acids is 1. The van der Waals surface area contributed by atoms with E-state index in [0.717, 1.165) is 6.08 Å². The molecule has 3 heteroatoms. The van der Waals surface area contributed by atoms with Gasteiger partial charge in [0.15, 0.2) is 0 Å². The van der Waals surface area contributed by atoms with Gasteiger partial charge in [0.1, 0.15) is 6.29 Å². The molecular formula is C7H8O3. The zero-order valence-electron chi connectivity index (χ0n) is 5.57. The normalized spacial score (nSPS) is 11.9. The van der Waals surface area contributed by atoms with Crippen molar-refractivity contribution in [2.75, 3.05) is 0 Å². The quantitative estimate of drug-likeness (QED) is 0.358. The van der Waals surface area contributed by atoms with E-state index in [0.29, 0.717) is 11.9 Å². The van der Waals surface area contributed by atoms with Gasteiger partial charge in [0, 0.05) is 6.08 Å². The van der Waals surface area contributed by atoms with Crippen molar-refractivity contribution in [3.8, 4) is 0 Å². The van der Waals surface area contributed by atoms with Gasteiger partial charge in [-0.3, -0.25) is 4.79 Å². The molecular weight excluding hydrogens is 132 g/mol. The van der Waals surface area contributed by atoms with Crippen LogP contribution in [0.3, 0.4) is 0 Å². The first kappa shape index (κ1) is 8.62. The molecule has 54 valence electrons. The van der Waals surface area contributed by atoms with Crippen LogP contribution >= 0.6 is 0 Å².